The van der Waals surface area contributed by atoms with E-state index in [2.05, 4.69) is 34.3 Å². The standard InChI is InChI=1S/C25H24FN5O2/c1-16(17-6-3-2-4-7-17)28-25-27-13-12-20(29-25)22-21(18-8-10-19(26)11-9-18)30-23(31-22)24-32-14-5-15-33-24/h2-4,6-13,16,24H,5,14-15H2,1H3,(H,30,31)(H,27,28,29). The number of nitrogens with one attached hydrogen (secondary N) is 2. The lowest BCUT2D eigenvalue weighted by Gasteiger charge is -2.21. The van der Waals surface area contributed by atoms with E-state index >= 15 is 0 Å². The van der Waals surface area contributed by atoms with Gasteiger partial charge in [0.1, 0.15) is 5.82 Å². The molecule has 0 bridgehead atoms. The van der Waals surface area contributed by atoms with Crippen molar-refractivity contribution in [3.05, 3.63) is 84.1 Å². The number of halogens is 1. The Balaban J connectivity index is 1.50. The highest BCUT2D eigenvalue weighted by molar-refractivity contribution is 5.77. The van der Waals surface area contributed by atoms with Gasteiger partial charge in [-0.1, -0.05) is 30.3 Å². The molecule has 4 aromatic rings. The molecular formula is C25H24FN5O2. The number of hydrogen-bond donors (Lipinski definition) is 2. The van der Waals surface area contributed by atoms with Crippen molar-refractivity contribution in [2.24, 2.45) is 0 Å². The van der Waals surface area contributed by atoms with Gasteiger partial charge in [0.05, 0.1) is 36.3 Å². The number of aromatic nitrogens is 4. The summed E-state index contributed by atoms with van der Waals surface area (Å²) in [7, 11) is 0. The van der Waals surface area contributed by atoms with E-state index < -0.39 is 6.29 Å². The molecule has 1 saturated heterocycles. The Morgan fingerprint density at radius 2 is 1.76 bits per heavy atom. The highest BCUT2D eigenvalue weighted by Crippen LogP contribution is 2.33. The van der Waals surface area contributed by atoms with Gasteiger partial charge in [-0.25, -0.2) is 19.3 Å². The van der Waals surface area contributed by atoms with E-state index in [4.69, 9.17) is 19.4 Å². The van der Waals surface area contributed by atoms with Crippen LogP contribution in [0.25, 0.3) is 22.6 Å². The summed E-state index contributed by atoms with van der Waals surface area (Å²) in [5.41, 5.74) is 3.88. The maximum atomic E-state index is 13.5. The van der Waals surface area contributed by atoms with Gasteiger partial charge in [0.25, 0.3) is 0 Å². The van der Waals surface area contributed by atoms with Gasteiger partial charge in [0.2, 0.25) is 12.2 Å². The Labute approximate surface area is 191 Å². The minimum atomic E-state index is -0.579. The van der Waals surface area contributed by atoms with Crippen LogP contribution in [0.4, 0.5) is 10.3 Å². The van der Waals surface area contributed by atoms with Crippen molar-refractivity contribution in [1.29, 1.82) is 0 Å². The fourth-order valence-electron chi connectivity index (χ4n) is 3.74. The summed E-state index contributed by atoms with van der Waals surface area (Å²) in [4.78, 5) is 17.2. The average molecular weight is 445 g/mol. The number of rotatable bonds is 6. The second-order valence-corrected chi connectivity index (χ2v) is 7.82. The molecule has 8 heteroatoms. The number of aromatic amines is 1. The lowest BCUT2D eigenvalue weighted by atomic mass is 10.1. The molecule has 0 spiro atoms. The summed E-state index contributed by atoms with van der Waals surface area (Å²) in [5, 5.41) is 3.35. The van der Waals surface area contributed by atoms with Crippen LogP contribution in [0.2, 0.25) is 0 Å². The van der Waals surface area contributed by atoms with E-state index in [0.29, 0.717) is 42.1 Å². The van der Waals surface area contributed by atoms with E-state index in [9.17, 15) is 4.39 Å². The summed E-state index contributed by atoms with van der Waals surface area (Å²) in [5.74, 6) is 0.739. The first-order chi connectivity index (χ1) is 16.2. The summed E-state index contributed by atoms with van der Waals surface area (Å²) in [6, 6.07) is 18.1. The van der Waals surface area contributed by atoms with Gasteiger partial charge in [-0.3, -0.25) is 0 Å². The van der Waals surface area contributed by atoms with Gasteiger partial charge >= 0.3 is 0 Å². The molecule has 0 saturated carbocycles. The molecule has 33 heavy (non-hydrogen) atoms. The molecule has 7 nitrogen and oxygen atoms in total. The van der Waals surface area contributed by atoms with Gasteiger partial charge in [-0.15, -0.1) is 0 Å². The zero-order valence-electron chi connectivity index (χ0n) is 18.2. The lowest BCUT2D eigenvalue weighted by molar-refractivity contribution is -0.186. The topological polar surface area (TPSA) is 85.0 Å². The molecule has 2 aromatic heterocycles. The summed E-state index contributed by atoms with van der Waals surface area (Å²) in [6.45, 7) is 3.26. The van der Waals surface area contributed by atoms with Crippen molar-refractivity contribution in [3.8, 4) is 22.6 Å². The zero-order chi connectivity index (χ0) is 22.6. The van der Waals surface area contributed by atoms with Crippen LogP contribution in [0, 0.1) is 5.82 Å². The van der Waals surface area contributed by atoms with Crippen LogP contribution in [0.1, 0.15) is 37.1 Å². The highest BCUT2D eigenvalue weighted by Gasteiger charge is 2.24. The predicted molar refractivity (Wildman–Crippen MR) is 123 cm³/mol. The second kappa shape index (κ2) is 9.48. The third-order valence-corrected chi connectivity index (χ3v) is 5.45. The number of nitrogens with zero attached hydrogens (tertiary/aromatic N) is 3. The van der Waals surface area contributed by atoms with Crippen LogP contribution in [0.3, 0.4) is 0 Å². The molecule has 0 aliphatic carbocycles. The van der Waals surface area contributed by atoms with E-state index in [1.807, 2.05) is 24.3 Å². The van der Waals surface area contributed by atoms with Gasteiger partial charge < -0.3 is 19.8 Å². The molecule has 2 N–H and O–H groups in total. The predicted octanol–water partition coefficient (Wildman–Crippen LogP) is 5.28. The number of anilines is 1. The molecule has 1 atom stereocenters. The lowest BCUT2D eigenvalue weighted by Crippen LogP contribution is -2.18. The van der Waals surface area contributed by atoms with Gasteiger partial charge in [0, 0.05) is 11.8 Å². The number of ether oxygens (including phenoxy) is 2. The Kier molecular flexibility index (Phi) is 6.10. The SMILES string of the molecule is CC(Nc1nccc(-c2[nH]c(C3OCCCO3)nc2-c2ccc(F)cc2)n1)c1ccccc1. The van der Waals surface area contributed by atoms with Crippen molar-refractivity contribution >= 4 is 5.95 Å². The average Bonchev–Trinajstić information content (AvgIpc) is 3.31. The Bertz CT molecular complexity index is 1210. The van der Waals surface area contributed by atoms with E-state index in [0.717, 1.165) is 17.5 Å². The first kappa shape index (κ1) is 21.2. The fraction of sp³-hybridized carbons (Fsp3) is 0.240. The number of benzene rings is 2. The Morgan fingerprint density at radius 3 is 2.52 bits per heavy atom. The van der Waals surface area contributed by atoms with Crippen LogP contribution in [-0.4, -0.2) is 33.1 Å². The largest absolute Gasteiger partial charge is 0.348 e. The van der Waals surface area contributed by atoms with Crippen LogP contribution in [0.15, 0.2) is 66.9 Å². The molecule has 0 amide bonds. The van der Waals surface area contributed by atoms with Crippen LogP contribution in [-0.2, 0) is 9.47 Å². The molecule has 5 rings (SSSR count). The smallest absolute Gasteiger partial charge is 0.223 e. The second-order valence-electron chi connectivity index (χ2n) is 7.82. The molecule has 1 unspecified atom stereocenters. The van der Waals surface area contributed by atoms with Crippen molar-refractivity contribution in [3.63, 3.8) is 0 Å². The minimum Gasteiger partial charge on any atom is -0.348 e. The Hall–Kier alpha value is -3.62. The molecule has 168 valence electrons. The van der Waals surface area contributed by atoms with Crippen molar-refractivity contribution < 1.29 is 13.9 Å². The number of imidazole rings is 1. The third kappa shape index (κ3) is 4.76. The fourth-order valence-corrected chi connectivity index (χ4v) is 3.74. The van der Waals surface area contributed by atoms with E-state index in [1.165, 1.54) is 12.1 Å². The quantitative estimate of drug-likeness (QED) is 0.420. The van der Waals surface area contributed by atoms with Gasteiger partial charge in [-0.2, -0.15) is 0 Å². The Morgan fingerprint density at radius 1 is 1.00 bits per heavy atom. The maximum absolute atomic E-state index is 13.5. The van der Waals surface area contributed by atoms with Crippen LogP contribution < -0.4 is 5.32 Å². The van der Waals surface area contributed by atoms with Gasteiger partial charge in [0.15, 0.2) is 5.82 Å². The van der Waals surface area contributed by atoms with Gasteiger partial charge in [-0.05, 0) is 49.2 Å². The zero-order valence-corrected chi connectivity index (χ0v) is 18.2. The molecular weight excluding hydrogens is 421 g/mol. The monoisotopic (exact) mass is 445 g/mol. The summed E-state index contributed by atoms with van der Waals surface area (Å²) in [6.07, 6.45) is 1.96. The van der Waals surface area contributed by atoms with Crippen molar-refractivity contribution in [1.82, 2.24) is 19.9 Å². The van der Waals surface area contributed by atoms with Crippen LogP contribution in [0.5, 0.6) is 0 Å². The van der Waals surface area contributed by atoms with Crippen molar-refractivity contribution in [2.75, 3.05) is 18.5 Å². The normalized spacial score (nSPS) is 15.3. The summed E-state index contributed by atoms with van der Waals surface area (Å²) < 4.78 is 25.0. The molecule has 1 aliphatic heterocycles. The van der Waals surface area contributed by atoms with Crippen LogP contribution >= 0.6 is 0 Å². The molecule has 1 fully saturated rings. The van der Waals surface area contributed by atoms with E-state index in [1.54, 1.807) is 18.3 Å². The van der Waals surface area contributed by atoms with E-state index in [-0.39, 0.29) is 11.9 Å². The molecule has 0 radical (unpaired) electrons. The number of H-pyrrole nitrogens is 1. The third-order valence-electron chi connectivity index (χ3n) is 5.45. The number of hydrogen-bond acceptors (Lipinski definition) is 6. The first-order valence-electron chi connectivity index (χ1n) is 10.9. The van der Waals surface area contributed by atoms with Crippen molar-refractivity contribution in [2.45, 2.75) is 25.7 Å². The first-order valence-corrected chi connectivity index (χ1v) is 10.9. The highest BCUT2D eigenvalue weighted by atomic mass is 19.1. The maximum Gasteiger partial charge on any atom is 0.223 e. The molecule has 2 aromatic carbocycles. The molecule has 3 heterocycles. The summed E-state index contributed by atoms with van der Waals surface area (Å²) >= 11 is 0. The minimum absolute atomic E-state index is 0.0272. The molecule has 1 aliphatic rings.